The minimum absolute atomic E-state index is 0.0837. The highest BCUT2D eigenvalue weighted by Gasteiger charge is 2.61. The van der Waals surface area contributed by atoms with Crippen LogP contribution in [0.2, 0.25) is 0 Å². The highest BCUT2D eigenvalue weighted by atomic mass is 16.5. The van der Waals surface area contributed by atoms with E-state index in [-0.39, 0.29) is 11.4 Å². The number of carbonyl (C=O) groups excluding carboxylic acids is 1. The highest BCUT2D eigenvalue weighted by Crippen LogP contribution is 2.64. The molecule has 0 radical (unpaired) electrons. The van der Waals surface area contributed by atoms with Gasteiger partial charge in [0.2, 0.25) is 0 Å². The third-order valence-corrected chi connectivity index (χ3v) is 4.96. The van der Waals surface area contributed by atoms with Gasteiger partial charge in [-0.05, 0) is 30.2 Å². The molecule has 0 aliphatic heterocycles. The molecule has 0 saturated heterocycles. The normalized spacial score (nSPS) is 29.6. The van der Waals surface area contributed by atoms with Gasteiger partial charge < -0.3 is 4.74 Å². The molecule has 2 unspecified atom stereocenters. The predicted molar refractivity (Wildman–Crippen MR) is 81.4 cm³/mol. The van der Waals surface area contributed by atoms with Gasteiger partial charge in [-0.3, -0.25) is 0 Å². The second kappa shape index (κ2) is 5.43. The zero-order valence-corrected chi connectivity index (χ0v) is 12.8. The molecule has 1 fully saturated rings. The van der Waals surface area contributed by atoms with E-state index in [1.807, 2.05) is 6.07 Å². The summed E-state index contributed by atoms with van der Waals surface area (Å²) in [4.78, 5) is 11.5. The van der Waals surface area contributed by atoms with Crippen molar-refractivity contribution in [1.29, 1.82) is 0 Å². The molecule has 0 N–H and O–H groups in total. The quantitative estimate of drug-likeness (QED) is 0.593. The summed E-state index contributed by atoms with van der Waals surface area (Å²) in [5, 5.41) is 0. The van der Waals surface area contributed by atoms with Gasteiger partial charge in [0, 0.05) is 11.0 Å². The molecule has 1 aliphatic carbocycles. The van der Waals surface area contributed by atoms with Gasteiger partial charge in [0.25, 0.3) is 0 Å². The van der Waals surface area contributed by atoms with Crippen molar-refractivity contribution < 1.29 is 9.53 Å². The molecule has 0 heterocycles. The van der Waals surface area contributed by atoms with Gasteiger partial charge in [-0.15, -0.1) is 0 Å². The fourth-order valence-corrected chi connectivity index (χ4v) is 3.38. The average molecular weight is 272 g/mol. The van der Waals surface area contributed by atoms with Crippen LogP contribution in [0.5, 0.6) is 0 Å². The van der Waals surface area contributed by atoms with E-state index in [1.165, 1.54) is 5.56 Å². The molecular weight excluding hydrogens is 248 g/mol. The molecule has 2 nitrogen and oxygen atoms in total. The molecular formula is C18H24O2. The SMILES string of the molecule is C=C(C)C(=O)OC[C@]1(C)C(C)C1[C@H](C)c1ccccc1. The van der Waals surface area contributed by atoms with Crippen molar-refractivity contribution in [3.05, 3.63) is 48.0 Å². The van der Waals surface area contributed by atoms with Gasteiger partial charge in [-0.25, -0.2) is 4.79 Å². The van der Waals surface area contributed by atoms with Crippen LogP contribution in [0, 0.1) is 17.3 Å². The van der Waals surface area contributed by atoms with Gasteiger partial charge >= 0.3 is 5.97 Å². The monoisotopic (exact) mass is 272 g/mol. The number of hydrogen-bond acceptors (Lipinski definition) is 2. The molecule has 2 rings (SSSR count). The minimum atomic E-state index is -0.281. The Balaban J connectivity index is 2.01. The largest absolute Gasteiger partial charge is 0.462 e. The number of esters is 1. The van der Waals surface area contributed by atoms with Crippen LogP contribution in [0.25, 0.3) is 0 Å². The number of carbonyl (C=O) groups is 1. The first kappa shape index (κ1) is 14.8. The molecule has 4 atom stereocenters. The van der Waals surface area contributed by atoms with E-state index in [2.05, 4.69) is 51.6 Å². The molecule has 1 saturated carbocycles. The van der Waals surface area contributed by atoms with Crippen LogP contribution in [0.1, 0.15) is 39.2 Å². The summed E-state index contributed by atoms with van der Waals surface area (Å²) in [6.45, 7) is 12.5. The second-order valence-corrected chi connectivity index (χ2v) is 6.38. The van der Waals surface area contributed by atoms with Crippen LogP contribution in [0.4, 0.5) is 0 Å². The van der Waals surface area contributed by atoms with Crippen molar-refractivity contribution in [2.75, 3.05) is 6.61 Å². The third kappa shape index (κ3) is 2.65. The summed E-state index contributed by atoms with van der Waals surface area (Å²) in [7, 11) is 0. The number of rotatable bonds is 5. The van der Waals surface area contributed by atoms with Crippen LogP contribution in [0.15, 0.2) is 42.5 Å². The van der Waals surface area contributed by atoms with Gasteiger partial charge in [-0.1, -0.05) is 57.7 Å². The fourth-order valence-electron chi connectivity index (χ4n) is 3.38. The van der Waals surface area contributed by atoms with E-state index in [1.54, 1.807) is 6.92 Å². The fraction of sp³-hybridized carbons (Fsp3) is 0.500. The maximum absolute atomic E-state index is 11.5. The Bertz CT molecular complexity index is 505. The maximum Gasteiger partial charge on any atom is 0.333 e. The maximum atomic E-state index is 11.5. The molecule has 1 aliphatic rings. The van der Waals surface area contributed by atoms with E-state index in [9.17, 15) is 4.79 Å². The molecule has 0 aromatic heterocycles. The summed E-state index contributed by atoms with van der Waals surface area (Å²) in [6.07, 6.45) is 0. The van der Waals surface area contributed by atoms with Crippen molar-refractivity contribution in [2.45, 2.75) is 33.6 Å². The minimum Gasteiger partial charge on any atom is -0.462 e. The molecule has 0 amide bonds. The third-order valence-electron chi connectivity index (χ3n) is 4.96. The summed E-state index contributed by atoms with van der Waals surface area (Å²) in [5.74, 6) is 1.33. The smallest absolute Gasteiger partial charge is 0.333 e. The van der Waals surface area contributed by atoms with Crippen LogP contribution in [-0.2, 0) is 9.53 Å². The molecule has 1 aromatic carbocycles. The zero-order valence-electron chi connectivity index (χ0n) is 12.8. The van der Waals surface area contributed by atoms with Crippen LogP contribution >= 0.6 is 0 Å². The molecule has 20 heavy (non-hydrogen) atoms. The number of benzene rings is 1. The lowest BCUT2D eigenvalue weighted by Crippen LogP contribution is -2.16. The van der Waals surface area contributed by atoms with E-state index >= 15 is 0 Å². The summed E-state index contributed by atoms with van der Waals surface area (Å²) >= 11 is 0. The molecule has 0 bridgehead atoms. The van der Waals surface area contributed by atoms with Crippen molar-refractivity contribution in [3.63, 3.8) is 0 Å². The lowest BCUT2D eigenvalue weighted by molar-refractivity contribution is -0.140. The van der Waals surface area contributed by atoms with Crippen LogP contribution < -0.4 is 0 Å². The van der Waals surface area contributed by atoms with E-state index in [0.29, 0.717) is 29.9 Å². The molecule has 2 heteroatoms. The van der Waals surface area contributed by atoms with Crippen LogP contribution in [-0.4, -0.2) is 12.6 Å². The van der Waals surface area contributed by atoms with Crippen molar-refractivity contribution in [3.8, 4) is 0 Å². The Labute approximate surface area is 121 Å². The van der Waals surface area contributed by atoms with Gasteiger partial charge in [0.05, 0.1) is 6.61 Å². The van der Waals surface area contributed by atoms with Crippen LogP contribution in [0.3, 0.4) is 0 Å². The standard InChI is InChI=1S/C18H24O2/c1-12(2)17(19)20-11-18(5)14(4)16(18)13(3)15-9-7-6-8-10-15/h6-10,13-14,16H,1,11H2,2-5H3/t13-,14?,16?,18-/m1/s1. The van der Waals surface area contributed by atoms with E-state index in [4.69, 9.17) is 4.74 Å². The van der Waals surface area contributed by atoms with Gasteiger partial charge in [0.1, 0.15) is 0 Å². The topological polar surface area (TPSA) is 26.3 Å². The molecule has 0 spiro atoms. The van der Waals surface area contributed by atoms with Crippen molar-refractivity contribution in [2.24, 2.45) is 17.3 Å². The Hall–Kier alpha value is -1.57. The lowest BCUT2D eigenvalue weighted by Gasteiger charge is -2.17. The number of hydrogen-bond donors (Lipinski definition) is 0. The Morgan fingerprint density at radius 2 is 2.00 bits per heavy atom. The predicted octanol–water partition coefficient (Wildman–Crippen LogP) is 4.18. The Morgan fingerprint density at radius 1 is 1.40 bits per heavy atom. The zero-order chi connectivity index (χ0) is 14.9. The second-order valence-electron chi connectivity index (χ2n) is 6.38. The Morgan fingerprint density at radius 3 is 2.55 bits per heavy atom. The van der Waals surface area contributed by atoms with Gasteiger partial charge in [0.15, 0.2) is 0 Å². The van der Waals surface area contributed by atoms with E-state index < -0.39 is 0 Å². The average Bonchev–Trinajstić information content (AvgIpc) is 2.98. The summed E-state index contributed by atoms with van der Waals surface area (Å²) in [5.41, 5.74) is 1.91. The van der Waals surface area contributed by atoms with Crippen molar-refractivity contribution in [1.82, 2.24) is 0 Å². The van der Waals surface area contributed by atoms with E-state index in [0.717, 1.165) is 0 Å². The lowest BCUT2D eigenvalue weighted by atomic mass is 9.91. The highest BCUT2D eigenvalue weighted by molar-refractivity contribution is 5.86. The van der Waals surface area contributed by atoms with Crippen molar-refractivity contribution >= 4 is 5.97 Å². The first-order chi connectivity index (χ1) is 9.38. The molecule has 108 valence electrons. The Kier molecular flexibility index (Phi) is 4.03. The van der Waals surface area contributed by atoms with Gasteiger partial charge in [-0.2, -0.15) is 0 Å². The first-order valence-corrected chi connectivity index (χ1v) is 7.25. The summed E-state index contributed by atoms with van der Waals surface area (Å²) < 4.78 is 5.38. The number of ether oxygens (including phenoxy) is 1. The molecule has 1 aromatic rings. The first-order valence-electron chi connectivity index (χ1n) is 7.25. The summed E-state index contributed by atoms with van der Waals surface area (Å²) in [6, 6.07) is 10.6.